The number of benzene rings is 1. The van der Waals surface area contributed by atoms with Crippen molar-refractivity contribution < 1.29 is 9.90 Å². The third kappa shape index (κ3) is 1.76. The van der Waals surface area contributed by atoms with Gasteiger partial charge in [-0.15, -0.1) is 0 Å². The van der Waals surface area contributed by atoms with Gasteiger partial charge in [0.1, 0.15) is 5.69 Å². The standard InChI is InChI=1S/C12H11NO2/c1-8-2-4-9(5-3-8)10-6-7-13-11(10)12(14)15/h2-7,13H,1H3,(H,14,15). The second-order valence-electron chi connectivity index (χ2n) is 3.44. The number of aryl methyl sites for hydroxylation is 1. The fourth-order valence-corrected chi connectivity index (χ4v) is 1.52. The lowest BCUT2D eigenvalue weighted by molar-refractivity contribution is 0.0692. The molecule has 2 N–H and O–H groups in total. The molecule has 1 heterocycles. The van der Waals surface area contributed by atoms with Crippen LogP contribution in [0.15, 0.2) is 36.5 Å². The number of nitrogens with one attached hydrogen (secondary N) is 1. The molecule has 0 saturated carbocycles. The number of carbonyl (C=O) groups is 1. The number of aromatic carboxylic acids is 1. The fraction of sp³-hybridized carbons (Fsp3) is 0.0833. The van der Waals surface area contributed by atoms with Gasteiger partial charge in [-0.25, -0.2) is 4.79 Å². The Morgan fingerprint density at radius 1 is 1.20 bits per heavy atom. The maximum Gasteiger partial charge on any atom is 0.352 e. The minimum Gasteiger partial charge on any atom is -0.477 e. The largest absolute Gasteiger partial charge is 0.477 e. The molecule has 0 bridgehead atoms. The predicted octanol–water partition coefficient (Wildman–Crippen LogP) is 2.69. The van der Waals surface area contributed by atoms with Gasteiger partial charge in [-0.1, -0.05) is 29.8 Å². The van der Waals surface area contributed by atoms with E-state index in [0.29, 0.717) is 0 Å². The molecule has 15 heavy (non-hydrogen) atoms. The Hall–Kier alpha value is -2.03. The number of rotatable bonds is 2. The Balaban J connectivity index is 2.49. The van der Waals surface area contributed by atoms with E-state index in [2.05, 4.69) is 4.98 Å². The SMILES string of the molecule is Cc1ccc(-c2cc[nH]c2C(=O)O)cc1. The summed E-state index contributed by atoms with van der Waals surface area (Å²) in [6.07, 6.45) is 1.64. The molecule has 0 unspecified atom stereocenters. The summed E-state index contributed by atoms with van der Waals surface area (Å²) in [5.74, 6) is -0.935. The molecule has 1 aromatic carbocycles. The van der Waals surface area contributed by atoms with Gasteiger partial charge in [-0.3, -0.25) is 0 Å². The highest BCUT2D eigenvalue weighted by Gasteiger charge is 2.11. The van der Waals surface area contributed by atoms with Crippen LogP contribution in [-0.2, 0) is 0 Å². The van der Waals surface area contributed by atoms with Crippen LogP contribution in [0.2, 0.25) is 0 Å². The van der Waals surface area contributed by atoms with Crippen molar-refractivity contribution in [3.63, 3.8) is 0 Å². The van der Waals surface area contributed by atoms with Crippen molar-refractivity contribution in [1.82, 2.24) is 4.98 Å². The maximum absolute atomic E-state index is 10.9. The summed E-state index contributed by atoms with van der Waals surface area (Å²) in [6, 6.07) is 9.55. The number of hydrogen-bond donors (Lipinski definition) is 2. The van der Waals surface area contributed by atoms with Crippen molar-refractivity contribution in [1.29, 1.82) is 0 Å². The molecule has 3 nitrogen and oxygen atoms in total. The van der Waals surface area contributed by atoms with E-state index < -0.39 is 5.97 Å². The first-order valence-corrected chi connectivity index (χ1v) is 4.66. The van der Waals surface area contributed by atoms with Crippen molar-refractivity contribution in [3.05, 3.63) is 47.8 Å². The van der Waals surface area contributed by atoms with Crippen molar-refractivity contribution in [3.8, 4) is 11.1 Å². The van der Waals surface area contributed by atoms with E-state index in [0.717, 1.165) is 16.7 Å². The maximum atomic E-state index is 10.9. The summed E-state index contributed by atoms with van der Waals surface area (Å²) in [7, 11) is 0. The van der Waals surface area contributed by atoms with Gasteiger partial charge in [0, 0.05) is 11.8 Å². The van der Waals surface area contributed by atoms with Crippen molar-refractivity contribution in [2.75, 3.05) is 0 Å². The number of aromatic amines is 1. The molecule has 0 aliphatic heterocycles. The third-order valence-electron chi connectivity index (χ3n) is 2.32. The normalized spacial score (nSPS) is 10.2. The molecule has 0 fully saturated rings. The van der Waals surface area contributed by atoms with E-state index >= 15 is 0 Å². The Morgan fingerprint density at radius 3 is 2.47 bits per heavy atom. The second kappa shape index (κ2) is 3.61. The Bertz CT molecular complexity index is 483. The van der Waals surface area contributed by atoms with Gasteiger partial charge in [0.05, 0.1) is 0 Å². The molecule has 76 valence electrons. The smallest absolute Gasteiger partial charge is 0.352 e. The predicted molar refractivity (Wildman–Crippen MR) is 57.9 cm³/mol. The van der Waals surface area contributed by atoms with Gasteiger partial charge < -0.3 is 10.1 Å². The van der Waals surface area contributed by atoms with E-state index in [4.69, 9.17) is 5.11 Å². The first kappa shape index (κ1) is 9.52. The van der Waals surface area contributed by atoms with Gasteiger partial charge in [0.15, 0.2) is 0 Å². The van der Waals surface area contributed by atoms with Crippen LogP contribution in [0.3, 0.4) is 0 Å². The lowest BCUT2D eigenvalue weighted by atomic mass is 10.0. The van der Waals surface area contributed by atoms with Crippen molar-refractivity contribution in [2.45, 2.75) is 6.92 Å². The highest BCUT2D eigenvalue weighted by molar-refractivity contribution is 5.94. The lowest BCUT2D eigenvalue weighted by Crippen LogP contribution is -1.98. The Kier molecular flexibility index (Phi) is 2.29. The number of carboxylic acids is 1. The monoisotopic (exact) mass is 201 g/mol. The van der Waals surface area contributed by atoms with Gasteiger partial charge in [0.25, 0.3) is 0 Å². The van der Waals surface area contributed by atoms with E-state index in [9.17, 15) is 4.79 Å². The molecule has 0 saturated heterocycles. The van der Waals surface area contributed by atoms with E-state index in [1.807, 2.05) is 31.2 Å². The molecule has 0 radical (unpaired) electrons. The number of hydrogen-bond acceptors (Lipinski definition) is 1. The topological polar surface area (TPSA) is 53.1 Å². The summed E-state index contributed by atoms with van der Waals surface area (Å²) < 4.78 is 0. The average Bonchev–Trinajstić information content (AvgIpc) is 2.67. The minimum absolute atomic E-state index is 0.235. The van der Waals surface area contributed by atoms with Gasteiger partial charge >= 0.3 is 5.97 Å². The Morgan fingerprint density at radius 2 is 1.87 bits per heavy atom. The Labute approximate surface area is 87.4 Å². The second-order valence-corrected chi connectivity index (χ2v) is 3.44. The molecule has 1 aromatic heterocycles. The quantitative estimate of drug-likeness (QED) is 0.784. The van der Waals surface area contributed by atoms with Crippen molar-refractivity contribution in [2.24, 2.45) is 0 Å². The van der Waals surface area contributed by atoms with Gasteiger partial charge in [-0.2, -0.15) is 0 Å². The van der Waals surface area contributed by atoms with E-state index in [1.54, 1.807) is 12.3 Å². The molecule has 2 aromatic rings. The highest BCUT2D eigenvalue weighted by atomic mass is 16.4. The number of aromatic nitrogens is 1. The molecule has 0 amide bonds. The first-order chi connectivity index (χ1) is 7.18. The summed E-state index contributed by atoms with van der Waals surface area (Å²) in [6.45, 7) is 2.00. The molecule has 0 aliphatic rings. The molecule has 0 spiro atoms. The fourth-order valence-electron chi connectivity index (χ4n) is 1.52. The zero-order chi connectivity index (χ0) is 10.8. The summed E-state index contributed by atoms with van der Waals surface area (Å²) in [5.41, 5.74) is 3.03. The van der Waals surface area contributed by atoms with Crippen LogP contribution < -0.4 is 0 Å². The molecule has 0 aliphatic carbocycles. The summed E-state index contributed by atoms with van der Waals surface area (Å²) in [4.78, 5) is 13.6. The van der Waals surface area contributed by atoms with Crippen LogP contribution in [0.4, 0.5) is 0 Å². The molecule has 3 heteroatoms. The third-order valence-corrected chi connectivity index (χ3v) is 2.32. The first-order valence-electron chi connectivity index (χ1n) is 4.66. The molecular formula is C12H11NO2. The number of carboxylic acid groups (broad SMARTS) is 1. The number of H-pyrrole nitrogens is 1. The summed E-state index contributed by atoms with van der Waals surface area (Å²) in [5, 5.41) is 8.94. The lowest BCUT2D eigenvalue weighted by Gasteiger charge is -2.00. The zero-order valence-electron chi connectivity index (χ0n) is 8.32. The summed E-state index contributed by atoms with van der Waals surface area (Å²) >= 11 is 0. The van der Waals surface area contributed by atoms with Gasteiger partial charge in [0.2, 0.25) is 0 Å². The van der Waals surface area contributed by atoms with Crippen LogP contribution in [0.5, 0.6) is 0 Å². The average molecular weight is 201 g/mol. The van der Waals surface area contributed by atoms with Gasteiger partial charge in [-0.05, 0) is 18.6 Å². The highest BCUT2D eigenvalue weighted by Crippen LogP contribution is 2.23. The molecular weight excluding hydrogens is 190 g/mol. The van der Waals surface area contributed by atoms with Crippen LogP contribution in [-0.4, -0.2) is 16.1 Å². The van der Waals surface area contributed by atoms with Crippen LogP contribution in [0, 0.1) is 6.92 Å². The van der Waals surface area contributed by atoms with E-state index in [1.165, 1.54) is 0 Å². The molecule has 2 rings (SSSR count). The van der Waals surface area contributed by atoms with Crippen molar-refractivity contribution >= 4 is 5.97 Å². The van der Waals surface area contributed by atoms with Crippen LogP contribution >= 0.6 is 0 Å². The van der Waals surface area contributed by atoms with E-state index in [-0.39, 0.29) is 5.69 Å². The van der Waals surface area contributed by atoms with Crippen LogP contribution in [0.1, 0.15) is 16.1 Å². The zero-order valence-corrected chi connectivity index (χ0v) is 8.32. The minimum atomic E-state index is -0.935. The van der Waals surface area contributed by atoms with Crippen LogP contribution in [0.25, 0.3) is 11.1 Å². The molecule has 0 atom stereocenters.